The number of amides is 6. The number of rotatable bonds is 35. The average Bonchev–Trinajstić information content (AvgIpc) is 1.79. The van der Waals surface area contributed by atoms with Crippen LogP contribution in [0.25, 0.3) is 10.9 Å². The number of nitrogens with one attached hydrogen (secondary N) is 4. The minimum absolute atomic E-state index is 0.0170. The van der Waals surface area contributed by atoms with Crippen molar-refractivity contribution in [3.05, 3.63) is 69.4 Å². The molecule has 3 fully saturated rings. The van der Waals surface area contributed by atoms with Crippen LogP contribution in [0, 0.1) is 21.8 Å². The number of aliphatic imine (C=N–C) groups is 1. The molecule has 3 aliphatic heterocycles. The number of hydrogen-bond donors (Lipinski definition) is 6. The molecular formula is C65H89F2IN12O14S. The summed E-state index contributed by atoms with van der Waals surface area (Å²) in [6, 6.07) is 12.8. The predicted molar refractivity (Wildman–Crippen MR) is 360 cm³/mol. The average molecular weight is 1460 g/mol. The fourth-order valence-corrected chi connectivity index (χ4v) is 12.4. The van der Waals surface area contributed by atoms with Gasteiger partial charge in [-0.25, -0.2) is 8.78 Å². The molecule has 3 saturated heterocycles. The molecule has 2 aromatic carbocycles. The summed E-state index contributed by atoms with van der Waals surface area (Å²) >= 11 is 3.55. The van der Waals surface area contributed by atoms with Crippen LogP contribution >= 0.6 is 34.4 Å². The molecule has 6 rings (SSSR count). The first-order chi connectivity index (χ1) is 45.7. The number of hydrogen-bond acceptors (Lipinski definition) is 20. The third kappa shape index (κ3) is 27.8. The van der Waals surface area contributed by atoms with Gasteiger partial charge in [0.25, 0.3) is 30.7 Å². The van der Waals surface area contributed by atoms with Crippen LogP contribution in [0.1, 0.15) is 87.1 Å². The molecule has 4 heterocycles. The van der Waals surface area contributed by atoms with E-state index in [-0.39, 0.29) is 75.7 Å². The van der Waals surface area contributed by atoms with E-state index >= 15 is 0 Å². The molecule has 1 unspecified atom stereocenters. The van der Waals surface area contributed by atoms with Crippen molar-refractivity contribution in [2.45, 2.75) is 102 Å². The number of unbranched alkanes of at least 4 members (excludes halogenated alkanes) is 1. The Morgan fingerprint density at radius 3 is 2.17 bits per heavy atom. The van der Waals surface area contributed by atoms with Gasteiger partial charge >= 0.3 is 5.97 Å². The molecule has 520 valence electrons. The van der Waals surface area contributed by atoms with Crippen molar-refractivity contribution in [1.82, 2.24) is 55.7 Å². The lowest BCUT2D eigenvalue weighted by atomic mass is 9.92. The van der Waals surface area contributed by atoms with Crippen molar-refractivity contribution in [1.29, 1.82) is 0 Å². The number of piperidine rings is 1. The van der Waals surface area contributed by atoms with Gasteiger partial charge in [0, 0.05) is 118 Å². The number of likely N-dealkylation sites (tertiary alicyclic amines) is 2. The maximum absolute atomic E-state index is 14.0. The first-order valence-electron chi connectivity index (χ1n) is 32.0. The van der Waals surface area contributed by atoms with Crippen molar-refractivity contribution in [3.63, 3.8) is 0 Å². The Hall–Kier alpha value is -7.15. The second-order valence-corrected chi connectivity index (χ2v) is 26.1. The van der Waals surface area contributed by atoms with E-state index in [0.29, 0.717) is 145 Å². The highest BCUT2D eigenvalue weighted by molar-refractivity contribution is 14.1. The molecular weight excluding hydrogens is 1370 g/mol. The number of thioether (sulfide) groups is 1. The van der Waals surface area contributed by atoms with Crippen LogP contribution in [0.4, 0.5) is 8.78 Å². The number of carbonyl (C=O) groups excluding carboxylic acids is 8. The third-order valence-corrected chi connectivity index (χ3v) is 18.3. The number of carboxylic acids is 1. The second kappa shape index (κ2) is 41.1. The molecule has 6 amide bonds. The number of amidine groups is 1. The van der Waals surface area contributed by atoms with E-state index < -0.39 is 73.2 Å². The van der Waals surface area contributed by atoms with Crippen LogP contribution in [0.3, 0.4) is 0 Å². The van der Waals surface area contributed by atoms with Gasteiger partial charge in [-0.1, -0.05) is 18.1 Å². The lowest BCUT2D eigenvalue weighted by Gasteiger charge is -2.33. The minimum Gasteiger partial charge on any atom is -0.494 e. The fourth-order valence-electron chi connectivity index (χ4n) is 11.3. The number of pyridine rings is 1. The molecule has 1 aromatic heterocycles. The van der Waals surface area contributed by atoms with Crippen molar-refractivity contribution >= 4 is 105 Å². The zero-order chi connectivity index (χ0) is 68.5. The van der Waals surface area contributed by atoms with E-state index in [1.54, 1.807) is 34.9 Å². The number of alkyl halides is 2. The Kier molecular flexibility index (Phi) is 33.2. The number of ether oxygens (including phenoxy) is 3. The first kappa shape index (κ1) is 76.9. The number of aliphatic hydroxyl groups excluding tert-OH is 1. The van der Waals surface area contributed by atoms with Gasteiger partial charge in [-0.2, -0.15) is 11.8 Å². The number of benzene rings is 2. The van der Waals surface area contributed by atoms with Gasteiger partial charge in [-0.05, 0) is 135 Å². The minimum atomic E-state index is -3.10. The van der Waals surface area contributed by atoms with Gasteiger partial charge in [-0.15, -0.1) is 6.42 Å². The molecule has 6 N–H and O–H groups in total. The number of aryl methyl sites for hydroxylation is 1. The first-order valence-corrected chi connectivity index (χ1v) is 34.3. The zero-order valence-corrected chi connectivity index (χ0v) is 56.8. The summed E-state index contributed by atoms with van der Waals surface area (Å²) in [7, 11) is 0. The largest absolute Gasteiger partial charge is 0.494 e. The highest BCUT2D eigenvalue weighted by Crippen LogP contribution is 2.32. The van der Waals surface area contributed by atoms with Gasteiger partial charge in [0.05, 0.1) is 55.7 Å². The molecule has 0 saturated carbocycles. The van der Waals surface area contributed by atoms with Gasteiger partial charge in [0.15, 0.2) is 0 Å². The molecule has 0 spiro atoms. The van der Waals surface area contributed by atoms with Gasteiger partial charge in [-0.3, -0.25) is 72.7 Å². The number of nitrogens with zero attached hydrogens (tertiary/aromatic N) is 8. The summed E-state index contributed by atoms with van der Waals surface area (Å²) in [6.45, 7) is 5.13. The highest BCUT2D eigenvalue weighted by atomic mass is 127. The van der Waals surface area contributed by atoms with Gasteiger partial charge < -0.3 is 55.5 Å². The van der Waals surface area contributed by atoms with Crippen LogP contribution < -0.4 is 26.0 Å². The Balaban J connectivity index is 0.944. The Morgan fingerprint density at radius 1 is 0.853 bits per heavy atom. The molecule has 30 heteroatoms. The molecule has 3 atom stereocenters. The van der Waals surface area contributed by atoms with E-state index in [2.05, 4.69) is 71.9 Å². The number of halogens is 3. The number of carbonyl (C=O) groups is 9. The molecule has 26 nitrogen and oxygen atoms in total. The Labute approximate surface area is 570 Å². The quantitative estimate of drug-likeness (QED) is 0.0123. The number of aliphatic hydroxyl groups is 1. The molecule has 0 aliphatic carbocycles. The van der Waals surface area contributed by atoms with Crippen LogP contribution in [0.5, 0.6) is 5.75 Å². The van der Waals surface area contributed by atoms with Crippen molar-refractivity contribution in [2.24, 2.45) is 10.9 Å². The third-order valence-electron chi connectivity index (χ3n) is 16.5. The molecule has 95 heavy (non-hydrogen) atoms. The van der Waals surface area contributed by atoms with E-state index in [4.69, 9.17) is 20.6 Å². The number of carboxylic acid groups (broad SMARTS) is 1. The zero-order valence-electron chi connectivity index (χ0n) is 53.8. The standard InChI is InChI=1S/C65H89F2IN12O14S/c1-3-51-37-65(66,67)42-80(51)60(86)38-72-62(89)53-18-22-70-55-17-16-52(36-54(53)55)94-34-7-9-49-19-24-79(25-20-49)64(91)57(83)41-95-35-23-71-63(90)56(10-4-5-21-69-47(2)73-58(84)11-6-8-48-12-14-50(68)15-13-48)74-59(85)39-75-26-27-76(40-61(87)88)29-31-78(44-93-46-82)33-32-77(30-28-75)43-92-45-81/h1,12-18,22,36,45-46,49,51,56-57,83H,4-11,19-21,23-35,37-44H2,2H3,(H,71,90)(H,72,89)(H,74,85)(H,87,88)(H,69,73,84)/t51-,56?,57+/m0/s1. The summed E-state index contributed by atoms with van der Waals surface area (Å²) in [4.78, 5) is 133. The van der Waals surface area contributed by atoms with E-state index in [0.717, 1.165) is 39.7 Å². The van der Waals surface area contributed by atoms with Crippen LogP contribution in [0.2, 0.25) is 0 Å². The normalized spacial score (nSPS) is 17.9. The van der Waals surface area contributed by atoms with Crippen molar-refractivity contribution in [3.8, 4) is 18.1 Å². The topological polar surface area (TPSA) is 315 Å². The maximum atomic E-state index is 14.0. The number of aliphatic carboxylic acids is 1. The second-order valence-electron chi connectivity index (χ2n) is 23.7. The smallest absolute Gasteiger partial charge is 0.317 e. The SMILES string of the molecule is C#C[C@H]1CC(F)(F)CN1C(=O)CNC(=O)c1ccnc2ccc(OCCCC3CCN(C(=O)[C@H](O)CSCCNC(=O)C(CCCCN=C(C)NC(=O)CCCc4ccc(I)cc4)NC(=O)CN4CCN(COC=O)CCN(COC=O)CCN(CC(=O)O)CC4)CC3)cc12. The maximum Gasteiger partial charge on any atom is 0.317 e. The molecule has 0 radical (unpaired) electrons. The van der Waals surface area contributed by atoms with Crippen molar-refractivity contribution < 1.29 is 76.4 Å². The lowest BCUT2D eigenvalue weighted by Crippen LogP contribution is -2.52. The summed E-state index contributed by atoms with van der Waals surface area (Å²) in [5, 5.41) is 32.4. The lowest BCUT2D eigenvalue weighted by molar-refractivity contribution is -0.140. The van der Waals surface area contributed by atoms with Gasteiger partial charge in [0.1, 0.15) is 31.4 Å². The molecule has 3 aromatic rings. The van der Waals surface area contributed by atoms with E-state index in [9.17, 15) is 62.1 Å². The van der Waals surface area contributed by atoms with Crippen LogP contribution in [-0.2, 0) is 54.3 Å². The Morgan fingerprint density at radius 2 is 1.52 bits per heavy atom. The molecule has 3 aliphatic rings. The van der Waals surface area contributed by atoms with Crippen molar-refractivity contribution in [2.75, 3.05) is 136 Å². The molecule has 0 bridgehead atoms. The number of aromatic nitrogens is 1. The number of terminal acetylenes is 1. The van der Waals surface area contributed by atoms with E-state index in [1.165, 1.54) is 24.0 Å². The predicted octanol–water partition coefficient (Wildman–Crippen LogP) is 2.83. The highest BCUT2D eigenvalue weighted by Gasteiger charge is 2.46. The van der Waals surface area contributed by atoms with Gasteiger partial charge in [0.2, 0.25) is 23.6 Å². The number of fused-ring (bicyclic) bond motifs is 1. The summed E-state index contributed by atoms with van der Waals surface area (Å²) in [5.41, 5.74) is 1.89. The monoisotopic (exact) mass is 1460 g/mol. The summed E-state index contributed by atoms with van der Waals surface area (Å²) < 4.78 is 45.2. The summed E-state index contributed by atoms with van der Waals surface area (Å²) in [6.07, 6.45) is 11.0. The summed E-state index contributed by atoms with van der Waals surface area (Å²) in [5.74, 6) is -2.86. The Bertz CT molecular complexity index is 3090. The van der Waals surface area contributed by atoms with E-state index in [1.807, 2.05) is 26.8 Å². The van der Waals surface area contributed by atoms with Crippen LogP contribution in [0.15, 0.2) is 59.7 Å². The fraction of sp³-hybridized carbons (Fsp3) is 0.585. The van der Waals surface area contributed by atoms with Crippen LogP contribution in [-0.4, -0.2) is 265 Å².